The second-order valence-corrected chi connectivity index (χ2v) is 10.8. The van der Waals surface area contributed by atoms with Crippen LogP contribution in [0.15, 0.2) is 35.4 Å². The van der Waals surface area contributed by atoms with Gasteiger partial charge in [-0.15, -0.1) is 0 Å². The Morgan fingerprint density at radius 1 is 1.23 bits per heavy atom. The molecule has 0 bridgehead atoms. The Kier molecular flexibility index (Phi) is 5.22. The Hall–Kier alpha value is -2.26. The number of sulfonamides is 1. The van der Waals surface area contributed by atoms with E-state index in [2.05, 4.69) is 16.8 Å². The predicted molar refractivity (Wildman–Crippen MR) is 117 cm³/mol. The number of rotatable bonds is 4. The number of nitrogens with zero attached hydrogens (tertiary/aromatic N) is 5. The van der Waals surface area contributed by atoms with E-state index in [0.29, 0.717) is 18.2 Å². The van der Waals surface area contributed by atoms with E-state index in [1.165, 1.54) is 6.26 Å². The smallest absolute Gasteiger partial charge is 0.255 e. The number of hydrogen-bond donors (Lipinski definition) is 0. The molecule has 0 spiro atoms. The first-order valence-corrected chi connectivity index (χ1v) is 12.1. The van der Waals surface area contributed by atoms with E-state index in [9.17, 15) is 13.2 Å². The number of pyridine rings is 1. The molecule has 0 N–H and O–H groups in total. The van der Waals surface area contributed by atoms with Crippen LogP contribution in [0.5, 0.6) is 0 Å². The number of fused-ring (bicyclic) bond motifs is 1. The molecule has 0 unspecified atom stereocenters. The fraction of sp³-hybridized carbons (Fsp3) is 0.571. The molecule has 0 aromatic carbocycles. The third-order valence-electron chi connectivity index (χ3n) is 6.91. The zero-order valence-corrected chi connectivity index (χ0v) is 18.8. The third kappa shape index (κ3) is 3.65. The highest BCUT2D eigenvalue weighted by atomic mass is 32.2. The van der Waals surface area contributed by atoms with E-state index < -0.39 is 10.0 Å². The van der Waals surface area contributed by atoms with Gasteiger partial charge in [-0.25, -0.2) is 13.4 Å². The second-order valence-electron chi connectivity index (χ2n) is 8.91. The maximum Gasteiger partial charge on any atom is 0.255 e. The summed E-state index contributed by atoms with van der Waals surface area (Å²) < 4.78 is 27.6. The molecule has 2 aromatic rings. The van der Waals surface area contributed by atoms with E-state index in [4.69, 9.17) is 4.98 Å². The lowest BCUT2D eigenvalue weighted by atomic mass is 9.70. The Labute approximate surface area is 177 Å². The Morgan fingerprint density at radius 2 is 1.93 bits per heavy atom. The molecule has 1 aliphatic heterocycles. The van der Waals surface area contributed by atoms with Crippen LogP contribution < -0.4 is 10.5 Å². The third-order valence-corrected chi connectivity index (χ3v) is 8.20. The van der Waals surface area contributed by atoms with Gasteiger partial charge in [-0.1, -0.05) is 6.92 Å². The molecule has 8 nitrogen and oxygen atoms in total. The standard InChI is InChI=1S/C21H29N5O3S/c1-21-9-12-26(30(4,28)29)18(21)6-5-16(14-21)24(2)20-23-17(13-19(27)25(20)3)15-7-10-22-11-8-15/h7-8,10-11,13,16,18H,5-6,9,12,14H2,1-4H3/t16-,18-,21+/m1/s1. The van der Waals surface area contributed by atoms with Gasteiger partial charge < -0.3 is 4.90 Å². The average Bonchev–Trinajstić information content (AvgIpc) is 3.06. The second kappa shape index (κ2) is 7.46. The van der Waals surface area contributed by atoms with Crippen molar-refractivity contribution in [2.45, 2.75) is 44.7 Å². The van der Waals surface area contributed by atoms with Gasteiger partial charge >= 0.3 is 0 Å². The van der Waals surface area contributed by atoms with Crippen LogP contribution in [0.3, 0.4) is 0 Å². The molecule has 2 fully saturated rings. The minimum absolute atomic E-state index is 0.0529. The Balaban J connectivity index is 1.63. The van der Waals surface area contributed by atoms with Crippen molar-refractivity contribution in [3.8, 4) is 11.3 Å². The van der Waals surface area contributed by atoms with E-state index in [-0.39, 0.29) is 23.1 Å². The molecule has 2 aromatic heterocycles. The quantitative estimate of drug-likeness (QED) is 0.734. The van der Waals surface area contributed by atoms with Crippen LogP contribution in [0.1, 0.15) is 32.6 Å². The highest BCUT2D eigenvalue weighted by Gasteiger charge is 2.51. The van der Waals surface area contributed by atoms with Crippen molar-refractivity contribution < 1.29 is 8.42 Å². The van der Waals surface area contributed by atoms with Crippen molar-refractivity contribution in [3.05, 3.63) is 40.9 Å². The maximum atomic E-state index is 12.6. The van der Waals surface area contributed by atoms with Crippen molar-refractivity contribution in [2.24, 2.45) is 12.5 Å². The topological polar surface area (TPSA) is 88.4 Å². The summed E-state index contributed by atoms with van der Waals surface area (Å²) in [6.07, 6.45) is 8.09. The van der Waals surface area contributed by atoms with Gasteiger partial charge in [0.25, 0.3) is 5.56 Å². The summed E-state index contributed by atoms with van der Waals surface area (Å²) in [5.41, 5.74) is 1.31. The fourth-order valence-electron chi connectivity index (χ4n) is 5.16. The molecule has 30 heavy (non-hydrogen) atoms. The Bertz CT molecular complexity index is 1100. The van der Waals surface area contributed by atoms with Gasteiger partial charge in [0, 0.05) is 56.7 Å². The fourth-order valence-corrected chi connectivity index (χ4v) is 6.41. The lowest BCUT2D eigenvalue weighted by Gasteiger charge is -2.45. The molecule has 1 aliphatic carbocycles. The monoisotopic (exact) mass is 431 g/mol. The van der Waals surface area contributed by atoms with Gasteiger partial charge in [-0.2, -0.15) is 4.31 Å². The first kappa shape index (κ1) is 21.0. The molecule has 4 rings (SSSR count). The molecular formula is C21H29N5O3S. The molecule has 9 heteroatoms. The normalized spacial score (nSPS) is 27.1. The lowest BCUT2D eigenvalue weighted by molar-refractivity contribution is 0.143. The average molecular weight is 432 g/mol. The summed E-state index contributed by atoms with van der Waals surface area (Å²) in [4.78, 5) is 23.6. The van der Waals surface area contributed by atoms with Crippen molar-refractivity contribution in [1.82, 2.24) is 18.8 Å². The summed E-state index contributed by atoms with van der Waals surface area (Å²) in [6.45, 7) is 2.79. The minimum Gasteiger partial charge on any atom is -0.342 e. The minimum atomic E-state index is -3.19. The van der Waals surface area contributed by atoms with Crippen LogP contribution in [0.4, 0.5) is 5.95 Å². The number of hydrogen-bond acceptors (Lipinski definition) is 6. The Morgan fingerprint density at radius 3 is 2.60 bits per heavy atom. The van der Waals surface area contributed by atoms with Gasteiger partial charge in [0.2, 0.25) is 16.0 Å². The van der Waals surface area contributed by atoms with E-state index in [1.807, 2.05) is 19.2 Å². The highest BCUT2D eigenvalue weighted by Crippen LogP contribution is 2.48. The van der Waals surface area contributed by atoms with Gasteiger partial charge in [-0.3, -0.25) is 14.3 Å². The first-order chi connectivity index (χ1) is 14.1. The molecule has 0 radical (unpaired) electrons. The molecule has 2 aliphatic rings. The summed E-state index contributed by atoms with van der Waals surface area (Å²) in [5.74, 6) is 0.624. The van der Waals surface area contributed by atoms with Gasteiger partial charge in [0.15, 0.2) is 0 Å². The zero-order valence-electron chi connectivity index (χ0n) is 17.9. The summed E-state index contributed by atoms with van der Waals surface area (Å²) in [7, 11) is 0.531. The van der Waals surface area contributed by atoms with Crippen molar-refractivity contribution in [2.75, 3.05) is 24.7 Å². The van der Waals surface area contributed by atoms with Crippen LogP contribution >= 0.6 is 0 Å². The number of anilines is 1. The highest BCUT2D eigenvalue weighted by molar-refractivity contribution is 7.88. The van der Waals surface area contributed by atoms with E-state index in [0.717, 1.165) is 31.2 Å². The van der Waals surface area contributed by atoms with Gasteiger partial charge in [-0.05, 0) is 43.2 Å². The van der Waals surface area contributed by atoms with Crippen LogP contribution in [-0.4, -0.2) is 59.2 Å². The molecule has 3 heterocycles. The first-order valence-electron chi connectivity index (χ1n) is 10.3. The summed E-state index contributed by atoms with van der Waals surface area (Å²) in [5, 5.41) is 0. The zero-order chi connectivity index (χ0) is 21.7. The molecule has 3 atom stereocenters. The molecule has 1 saturated heterocycles. The van der Waals surface area contributed by atoms with Crippen LogP contribution in [0, 0.1) is 5.41 Å². The van der Waals surface area contributed by atoms with Crippen LogP contribution in [-0.2, 0) is 17.1 Å². The molecule has 0 amide bonds. The maximum absolute atomic E-state index is 12.6. The van der Waals surface area contributed by atoms with Crippen molar-refractivity contribution >= 4 is 16.0 Å². The van der Waals surface area contributed by atoms with Crippen LogP contribution in [0.25, 0.3) is 11.3 Å². The SMILES string of the molecule is CN(c1nc(-c2ccncc2)cc(=O)n1C)[C@@H]1CC[C@H]2N(S(C)(=O)=O)CC[C@@]2(C)C1. The van der Waals surface area contributed by atoms with Crippen LogP contribution in [0.2, 0.25) is 0 Å². The number of aromatic nitrogens is 3. The van der Waals surface area contributed by atoms with Gasteiger partial charge in [0.05, 0.1) is 11.9 Å². The van der Waals surface area contributed by atoms with Gasteiger partial charge in [0.1, 0.15) is 0 Å². The van der Waals surface area contributed by atoms with E-state index >= 15 is 0 Å². The summed E-state index contributed by atoms with van der Waals surface area (Å²) >= 11 is 0. The predicted octanol–water partition coefficient (Wildman–Crippen LogP) is 1.87. The van der Waals surface area contributed by atoms with E-state index in [1.54, 1.807) is 34.4 Å². The lowest BCUT2D eigenvalue weighted by Crippen LogP contribution is -2.50. The molecule has 1 saturated carbocycles. The largest absolute Gasteiger partial charge is 0.342 e. The summed E-state index contributed by atoms with van der Waals surface area (Å²) in [6, 6.07) is 5.48. The molecule has 162 valence electrons. The van der Waals surface area contributed by atoms with Crippen molar-refractivity contribution in [1.29, 1.82) is 0 Å². The van der Waals surface area contributed by atoms with Crippen molar-refractivity contribution in [3.63, 3.8) is 0 Å². The molecular weight excluding hydrogens is 402 g/mol.